The van der Waals surface area contributed by atoms with Crippen LogP contribution in [0.3, 0.4) is 0 Å². The van der Waals surface area contributed by atoms with Crippen molar-refractivity contribution in [1.29, 1.82) is 0 Å². The quantitative estimate of drug-likeness (QED) is 0.776. The zero-order valence-corrected chi connectivity index (χ0v) is 11.8. The Hall–Kier alpha value is -0.170. The normalized spacial score (nSPS) is 39.1. The van der Waals surface area contributed by atoms with Crippen LogP contribution >= 0.6 is 0 Å². The van der Waals surface area contributed by atoms with Crippen molar-refractivity contribution in [1.82, 2.24) is 4.31 Å². The maximum atomic E-state index is 11.5. The van der Waals surface area contributed by atoms with Crippen LogP contribution in [0.2, 0.25) is 0 Å². The molecule has 2 rings (SSSR count). The minimum Gasteiger partial charge on any atom is -0.390 e. The third-order valence-electron chi connectivity index (χ3n) is 4.24. The molecule has 0 spiro atoms. The summed E-state index contributed by atoms with van der Waals surface area (Å²) in [6.45, 7) is 1.17. The first kappa shape index (κ1) is 14.2. The van der Waals surface area contributed by atoms with Crippen LogP contribution in [-0.4, -0.2) is 48.8 Å². The van der Waals surface area contributed by atoms with E-state index in [1.165, 1.54) is 6.26 Å². The molecule has 5 nitrogen and oxygen atoms in total. The summed E-state index contributed by atoms with van der Waals surface area (Å²) in [7, 11) is -3.10. The van der Waals surface area contributed by atoms with Gasteiger partial charge in [0.1, 0.15) is 0 Å². The molecule has 106 valence electrons. The topological polar surface area (TPSA) is 83.6 Å². The van der Waals surface area contributed by atoms with E-state index in [1.54, 1.807) is 4.31 Å². The zero-order chi connectivity index (χ0) is 13.4. The van der Waals surface area contributed by atoms with Gasteiger partial charge in [-0.3, -0.25) is 0 Å². The van der Waals surface area contributed by atoms with Crippen LogP contribution in [0.5, 0.6) is 0 Å². The molecule has 1 heterocycles. The summed E-state index contributed by atoms with van der Waals surface area (Å²) in [5.41, 5.74) is 5.18. The standard InChI is InChI=1S/C12H24N2O3S/c1-18(16,17)14-6-2-3-10(9-14)7-12(15)5-4-11(13)8-12/h10-11,15H,2-9,13H2,1H3. The summed E-state index contributed by atoms with van der Waals surface area (Å²) < 4.78 is 24.6. The van der Waals surface area contributed by atoms with Crippen LogP contribution in [0.15, 0.2) is 0 Å². The molecule has 1 saturated heterocycles. The van der Waals surface area contributed by atoms with Crippen LogP contribution < -0.4 is 5.73 Å². The maximum Gasteiger partial charge on any atom is 0.211 e. The lowest BCUT2D eigenvalue weighted by atomic mass is 9.85. The largest absolute Gasteiger partial charge is 0.390 e. The van der Waals surface area contributed by atoms with Gasteiger partial charge in [0.05, 0.1) is 11.9 Å². The van der Waals surface area contributed by atoms with E-state index in [4.69, 9.17) is 5.73 Å². The molecule has 0 aromatic carbocycles. The predicted octanol–water partition coefficient (Wildman–Crippen LogP) is 0.290. The van der Waals surface area contributed by atoms with Gasteiger partial charge in [0.15, 0.2) is 0 Å². The molecule has 18 heavy (non-hydrogen) atoms. The molecular formula is C12H24N2O3S. The molecule has 6 heteroatoms. The van der Waals surface area contributed by atoms with Crippen molar-refractivity contribution in [3.63, 3.8) is 0 Å². The van der Waals surface area contributed by atoms with E-state index in [0.717, 1.165) is 25.7 Å². The van der Waals surface area contributed by atoms with Gasteiger partial charge < -0.3 is 10.8 Å². The molecule has 2 aliphatic rings. The Morgan fingerprint density at radius 2 is 2.17 bits per heavy atom. The summed E-state index contributed by atoms with van der Waals surface area (Å²) in [5, 5.41) is 10.5. The highest BCUT2D eigenvalue weighted by atomic mass is 32.2. The van der Waals surface area contributed by atoms with Crippen molar-refractivity contribution in [2.75, 3.05) is 19.3 Å². The highest BCUT2D eigenvalue weighted by molar-refractivity contribution is 7.88. The van der Waals surface area contributed by atoms with Crippen molar-refractivity contribution < 1.29 is 13.5 Å². The van der Waals surface area contributed by atoms with Gasteiger partial charge >= 0.3 is 0 Å². The van der Waals surface area contributed by atoms with Gasteiger partial charge in [-0.1, -0.05) is 0 Å². The number of rotatable bonds is 3. The van der Waals surface area contributed by atoms with E-state index < -0.39 is 15.6 Å². The van der Waals surface area contributed by atoms with Crippen molar-refractivity contribution in [3.8, 4) is 0 Å². The van der Waals surface area contributed by atoms with Gasteiger partial charge in [-0.25, -0.2) is 12.7 Å². The third-order valence-corrected chi connectivity index (χ3v) is 5.51. The van der Waals surface area contributed by atoms with Crippen LogP contribution in [-0.2, 0) is 10.0 Å². The summed E-state index contributed by atoms with van der Waals surface area (Å²) in [5.74, 6) is 0.267. The third kappa shape index (κ3) is 3.44. The second-order valence-electron chi connectivity index (χ2n) is 6.06. The highest BCUT2D eigenvalue weighted by Crippen LogP contribution is 2.36. The molecule has 3 atom stereocenters. The fourth-order valence-corrected chi connectivity index (χ4v) is 4.31. The second kappa shape index (κ2) is 5.07. The number of nitrogens with zero attached hydrogens (tertiary/aromatic N) is 1. The van der Waals surface area contributed by atoms with E-state index in [-0.39, 0.29) is 12.0 Å². The molecule has 0 amide bonds. The summed E-state index contributed by atoms with van der Waals surface area (Å²) in [6, 6.07) is 0.101. The lowest BCUT2D eigenvalue weighted by Crippen LogP contribution is -2.42. The molecular weight excluding hydrogens is 252 g/mol. The van der Waals surface area contributed by atoms with Crippen LogP contribution in [0.4, 0.5) is 0 Å². The minimum atomic E-state index is -3.10. The first-order valence-electron chi connectivity index (χ1n) is 6.72. The fourth-order valence-electron chi connectivity index (χ4n) is 3.36. The number of hydrogen-bond donors (Lipinski definition) is 2. The number of nitrogens with two attached hydrogens (primary N) is 1. The Labute approximate surface area is 109 Å². The Bertz CT molecular complexity index is 398. The van der Waals surface area contributed by atoms with Crippen molar-refractivity contribution in [3.05, 3.63) is 0 Å². The van der Waals surface area contributed by atoms with Crippen LogP contribution in [0.25, 0.3) is 0 Å². The molecule has 0 radical (unpaired) electrons. The molecule has 1 aliphatic carbocycles. The lowest BCUT2D eigenvalue weighted by Gasteiger charge is -2.35. The fraction of sp³-hybridized carbons (Fsp3) is 1.00. The molecule has 0 aromatic rings. The van der Waals surface area contributed by atoms with Crippen molar-refractivity contribution in [2.45, 2.75) is 50.2 Å². The van der Waals surface area contributed by atoms with Crippen LogP contribution in [0, 0.1) is 5.92 Å². The number of sulfonamides is 1. The van der Waals surface area contributed by atoms with E-state index in [9.17, 15) is 13.5 Å². The van der Waals surface area contributed by atoms with Gasteiger partial charge in [0.2, 0.25) is 10.0 Å². The highest BCUT2D eigenvalue weighted by Gasteiger charge is 2.39. The van der Waals surface area contributed by atoms with Crippen molar-refractivity contribution in [2.24, 2.45) is 11.7 Å². The number of hydrogen-bond acceptors (Lipinski definition) is 4. The van der Waals surface area contributed by atoms with E-state index in [2.05, 4.69) is 0 Å². The van der Waals surface area contributed by atoms with E-state index >= 15 is 0 Å². The number of piperidine rings is 1. The summed E-state index contributed by atoms with van der Waals surface area (Å²) in [6.07, 6.45) is 6.12. The van der Waals surface area contributed by atoms with Gasteiger partial charge in [0, 0.05) is 19.1 Å². The predicted molar refractivity (Wildman–Crippen MR) is 70.5 cm³/mol. The van der Waals surface area contributed by atoms with Gasteiger partial charge in [0.25, 0.3) is 0 Å². The van der Waals surface area contributed by atoms with Gasteiger partial charge in [-0.2, -0.15) is 0 Å². The first-order chi connectivity index (χ1) is 8.28. The van der Waals surface area contributed by atoms with Gasteiger partial charge in [-0.05, 0) is 44.4 Å². The van der Waals surface area contributed by atoms with Crippen LogP contribution in [0.1, 0.15) is 38.5 Å². The minimum absolute atomic E-state index is 0.101. The summed E-state index contributed by atoms with van der Waals surface area (Å²) >= 11 is 0. The van der Waals surface area contributed by atoms with Gasteiger partial charge in [-0.15, -0.1) is 0 Å². The molecule has 2 fully saturated rings. The SMILES string of the molecule is CS(=O)(=O)N1CCCC(CC2(O)CCC(N)C2)C1. The maximum absolute atomic E-state index is 11.5. The molecule has 0 aromatic heterocycles. The monoisotopic (exact) mass is 276 g/mol. The smallest absolute Gasteiger partial charge is 0.211 e. The Morgan fingerprint density at radius 1 is 1.44 bits per heavy atom. The van der Waals surface area contributed by atoms with E-state index in [1.807, 2.05) is 0 Å². The average molecular weight is 276 g/mol. The Morgan fingerprint density at radius 3 is 2.72 bits per heavy atom. The van der Waals surface area contributed by atoms with Crippen molar-refractivity contribution >= 4 is 10.0 Å². The Balaban J connectivity index is 1.94. The molecule has 1 aliphatic heterocycles. The molecule has 3 unspecified atom stereocenters. The molecule has 3 N–H and O–H groups in total. The average Bonchev–Trinajstić information content (AvgIpc) is 2.57. The van der Waals surface area contributed by atoms with E-state index in [0.29, 0.717) is 25.9 Å². The summed E-state index contributed by atoms with van der Waals surface area (Å²) in [4.78, 5) is 0. The number of aliphatic hydroxyl groups is 1. The molecule has 1 saturated carbocycles. The Kier molecular flexibility index (Phi) is 4.02. The zero-order valence-electron chi connectivity index (χ0n) is 11.0. The molecule has 0 bridgehead atoms. The second-order valence-corrected chi connectivity index (χ2v) is 8.04. The lowest BCUT2D eigenvalue weighted by molar-refractivity contribution is 0.0131. The first-order valence-corrected chi connectivity index (χ1v) is 8.56.